The molecular weight excluding hydrogens is 586 g/mol. The highest BCUT2D eigenvalue weighted by Gasteiger charge is 2.82. The molecule has 1 aliphatic heterocycles. The van der Waals surface area contributed by atoms with Crippen LogP contribution in [0.3, 0.4) is 0 Å². The number of methoxy groups -OCH3 is 1. The van der Waals surface area contributed by atoms with E-state index in [4.69, 9.17) is 4.74 Å². The Hall–Kier alpha value is -5.88. The highest BCUT2D eigenvalue weighted by atomic mass is 16.5. The first-order chi connectivity index (χ1) is 23.0. The molecule has 8 rings (SSSR count). The van der Waals surface area contributed by atoms with Crippen molar-refractivity contribution in [2.24, 2.45) is 11.8 Å². The van der Waals surface area contributed by atoms with E-state index in [1.807, 2.05) is 121 Å². The van der Waals surface area contributed by atoms with Gasteiger partial charge in [0.2, 0.25) is 11.8 Å². The highest BCUT2D eigenvalue weighted by Crippen LogP contribution is 2.74. The number of rotatable bonds is 6. The van der Waals surface area contributed by atoms with Crippen LogP contribution in [-0.4, -0.2) is 30.7 Å². The Balaban J connectivity index is 1.54. The minimum atomic E-state index is -1.52. The first-order valence-corrected chi connectivity index (χ1v) is 15.6. The van der Waals surface area contributed by atoms with Gasteiger partial charge in [0, 0.05) is 0 Å². The van der Waals surface area contributed by atoms with E-state index in [2.05, 4.69) is 0 Å². The first-order valence-electron chi connectivity index (χ1n) is 15.6. The zero-order chi connectivity index (χ0) is 32.3. The largest absolute Gasteiger partial charge is 0.465 e. The predicted molar refractivity (Wildman–Crippen MR) is 178 cm³/mol. The average molecular weight is 616 g/mol. The number of amides is 2. The lowest BCUT2D eigenvalue weighted by atomic mass is 9.59. The van der Waals surface area contributed by atoms with E-state index in [1.165, 1.54) is 7.11 Å². The van der Waals surface area contributed by atoms with Crippen molar-refractivity contribution in [2.75, 3.05) is 12.0 Å². The molecular formula is C41H29NO5. The van der Waals surface area contributed by atoms with Gasteiger partial charge >= 0.3 is 5.97 Å². The fourth-order valence-electron chi connectivity index (χ4n) is 8.52. The van der Waals surface area contributed by atoms with Gasteiger partial charge in [0.05, 0.1) is 41.0 Å². The van der Waals surface area contributed by atoms with E-state index >= 15 is 14.4 Å². The number of esters is 1. The average Bonchev–Trinajstić information content (AvgIpc) is 3.64. The molecule has 1 saturated heterocycles. The summed E-state index contributed by atoms with van der Waals surface area (Å²) in [6, 6.07) is 44.6. The number of ether oxygens (including phenoxy) is 1. The van der Waals surface area contributed by atoms with Crippen molar-refractivity contribution in [3.8, 4) is 0 Å². The van der Waals surface area contributed by atoms with Gasteiger partial charge in [-0.3, -0.25) is 14.4 Å². The third kappa shape index (κ3) is 3.61. The molecule has 2 aliphatic carbocycles. The summed E-state index contributed by atoms with van der Waals surface area (Å²) in [6.07, 6.45) is 0. The fourth-order valence-corrected chi connectivity index (χ4v) is 8.52. The molecule has 0 radical (unpaired) electrons. The van der Waals surface area contributed by atoms with Gasteiger partial charge in [-0.2, -0.15) is 0 Å². The summed E-state index contributed by atoms with van der Waals surface area (Å²) in [6.45, 7) is 0. The van der Waals surface area contributed by atoms with Crippen LogP contribution < -0.4 is 4.90 Å². The number of ketones is 1. The molecule has 1 heterocycles. The van der Waals surface area contributed by atoms with Gasteiger partial charge < -0.3 is 4.74 Å². The molecule has 1 saturated carbocycles. The minimum Gasteiger partial charge on any atom is -0.465 e. The summed E-state index contributed by atoms with van der Waals surface area (Å²) >= 11 is 0. The summed E-state index contributed by atoms with van der Waals surface area (Å²) in [5.41, 5.74) is 1.53. The molecule has 5 aromatic rings. The zero-order valence-electron chi connectivity index (χ0n) is 25.5. The van der Waals surface area contributed by atoms with Crippen molar-refractivity contribution in [3.63, 3.8) is 0 Å². The molecule has 2 amide bonds. The van der Waals surface area contributed by atoms with E-state index in [0.29, 0.717) is 11.1 Å². The van der Waals surface area contributed by atoms with E-state index in [-0.39, 0.29) is 17.0 Å². The number of fused-ring (bicyclic) bond motifs is 5. The summed E-state index contributed by atoms with van der Waals surface area (Å²) < 4.78 is 5.05. The number of para-hydroxylation sites is 1. The normalized spacial score (nSPS) is 24.5. The fraction of sp³-hybridized carbons (Fsp3) is 0.122. The molecule has 4 atom stereocenters. The van der Waals surface area contributed by atoms with Gasteiger partial charge in [0.1, 0.15) is 0 Å². The Bertz CT molecular complexity index is 1990. The van der Waals surface area contributed by atoms with E-state index in [9.17, 15) is 4.79 Å². The van der Waals surface area contributed by atoms with Crippen LogP contribution in [0.4, 0.5) is 5.69 Å². The maximum absolute atomic E-state index is 15.9. The van der Waals surface area contributed by atoms with Gasteiger partial charge in [-0.1, -0.05) is 133 Å². The molecule has 6 nitrogen and oxygen atoms in total. The molecule has 47 heavy (non-hydrogen) atoms. The number of hydrogen-bond acceptors (Lipinski definition) is 5. The Morgan fingerprint density at radius 2 is 0.936 bits per heavy atom. The van der Waals surface area contributed by atoms with E-state index < -0.39 is 40.4 Å². The minimum absolute atomic E-state index is 0.0948. The SMILES string of the molecule is COC(=O)c1ccccc1N1C(=O)[C@@H]2[C@H](C1=O)[C@@]1(c3ccccc3)C(=O)[C@@]2(c2ccccc2)C(c2ccccc2)=C1c1ccccc1. The van der Waals surface area contributed by atoms with Crippen molar-refractivity contribution in [2.45, 2.75) is 10.8 Å². The van der Waals surface area contributed by atoms with Crippen LogP contribution in [0, 0.1) is 11.8 Å². The lowest BCUT2D eigenvalue weighted by Gasteiger charge is -2.39. The van der Waals surface area contributed by atoms with E-state index in [1.54, 1.807) is 24.3 Å². The molecule has 0 aromatic heterocycles. The third-order valence-electron chi connectivity index (χ3n) is 10.1. The topological polar surface area (TPSA) is 80.8 Å². The number of allylic oxidation sites excluding steroid dienone is 2. The van der Waals surface area contributed by atoms with E-state index in [0.717, 1.165) is 27.2 Å². The number of Topliss-reactive ketones (excluding diaryl/α,β-unsaturated/α-hetero) is 1. The molecule has 3 aliphatic rings. The van der Waals surface area contributed by atoms with Crippen LogP contribution in [0.15, 0.2) is 146 Å². The Morgan fingerprint density at radius 1 is 0.553 bits per heavy atom. The third-order valence-corrected chi connectivity index (χ3v) is 10.1. The van der Waals surface area contributed by atoms with Gasteiger partial charge in [-0.05, 0) is 45.5 Å². The zero-order valence-corrected chi connectivity index (χ0v) is 25.5. The molecule has 2 bridgehead atoms. The number of imide groups is 1. The quantitative estimate of drug-likeness (QED) is 0.158. The van der Waals surface area contributed by atoms with Crippen LogP contribution in [-0.2, 0) is 30.0 Å². The first kappa shape index (κ1) is 28.6. The molecule has 6 heteroatoms. The number of benzene rings is 5. The Labute approximate surface area is 271 Å². The summed E-state index contributed by atoms with van der Waals surface area (Å²) in [4.78, 5) is 60.3. The van der Waals surface area contributed by atoms with Crippen LogP contribution >= 0.6 is 0 Å². The molecule has 0 N–H and O–H groups in total. The van der Waals surface area contributed by atoms with Gasteiger partial charge in [0.15, 0.2) is 5.78 Å². The number of hydrogen-bond donors (Lipinski definition) is 0. The van der Waals surface area contributed by atoms with Crippen LogP contribution in [0.1, 0.15) is 32.6 Å². The molecule has 2 fully saturated rings. The second kappa shape index (κ2) is 10.6. The summed E-state index contributed by atoms with van der Waals surface area (Å²) in [5.74, 6) is -4.07. The molecule has 228 valence electrons. The van der Waals surface area contributed by atoms with Gasteiger partial charge in [0.25, 0.3) is 0 Å². The van der Waals surface area contributed by atoms with Crippen molar-refractivity contribution >= 4 is 40.4 Å². The number of nitrogens with zero attached hydrogens (tertiary/aromatic N) is 1. The van der Waals surface area contributed by atoms with Crippen molar-refractivity contribution in [1.82, 2.24) is 0 Å². The lowest BCUT2D eigenvalue weighted by Crippen LogP contribution is -2.46. The second-order valence-corrected chi connectivity index (χ2v) is 12.1. The summed E-state index contributed by atoms with van der Waals surface area (Å²) in [7, 11) is 1.26. The highest BCUT2D eigenvalue weighted by molar-refractivity contribution is 6.39. The molecule has 0 spiro atoms. The van der Waals surface area contributed by atoms with Crippen LogP contribution in [0.25, 0.3) is 11.1 Å². The lowest BCUT2D eigenvalue weighted by molar-refractivity contribution is -0.130. The van der Waals surface area contributed by atoms with Gasteiger partial charge in [-0.25, -0.2) is 9.69 Å². The number of carbonyl (C=O) groups is 4. The summed E-state index contributed by atoms with van der Waals surface area (Å²) in [5, 5.41) is 0. The number of carbonyl (C=O) groups excluding carboxylic acids is 4. The standard InChI is InChI=1S/C41H29NO5/c1-47-38(45)30-24-14-15-25-31(30)42-36(43)34-35(37(42)44)41(29-22-12-5-13-23-29)33(27-18-8-3-9-19-27)32(26-16-6-2-7-17-26)40(34,39(41)46)28-20-10-4-11-21-28/h2-25,34-35H,1H3/t34-,35+,40-,41-/m0/s1. The van der Waals surface area contributed by atoms with Crippen molar-refractivity contribution < 1.29 is 23.9 Å². The predicted octanol–water partition coefficient (Wildman–Crippen LogP) is 6.66. The smallest absolute Gasteiger partial charge is 0.339 e. The van der Waals surface area contributed by atoms with Gasteiger partial charge in [-0.15, -0.1) is 0 Å². The second-order valence-electron chi connectivity index (χ2n) is 12.1. The monoisotopic (exact) mass is 615 g/mol. The number of anilines is 1. The van der Waals surface area contributed by atoms with Crippen molar-refractivity contribution in [3.05, 3.63) is 173 Å². The Kier molecular flexibility index (Phi) is 6.44. The van der Waals surface area contributed by atoms with Crippen LogP contribution in [0.2, 0.25) is 0 Å². The Morgan fingerprint density at radius 3 is 1.36 bits per heavy atom. The van der Waals surface area contributed by atoms with Crippen LogP contribution in [0.5, 0.6) is 0 Å². The van der Waals surface area contributed by atoms with Crippen molar-refractivity contribution in [1.29, 1.82) is 0 Å². The maximum atomic E-state index is 15.9. The molecule has 5 aromatic carbocycles. The molecule has 0 unspecified atom stereocenters. The maximum Gasteiger partial charge on any atom is 0.339 e.